The molecule has 1 N–H and O–H groups in total. The molecule has 0 spiro atoms. The minimum atomic E-state index is -0.0888. The summed E-state index contributed by atoms with van der Waals surface area (Å²) in [4.78, 5) is 12.0. The zero-order valence-corrected chi connectivity index (χ0v) is 15.3. The molecule has 0 saturated heterocycles. The van der Waals surface area contributed by atoms with E-state index < -0.39 is 0 Å². The quantitative estimate of drug-likeness (QED) is 0.584. The third-order valence-corrected chi connectivity index (χ3v) is 4.70. The molecule has 136 valence electrons. The number of nitrogens with zero attached hydrogens (tertiary/aromatic N) is 2. The highest BCUT2D eigenvalue weighted by molar-refractivity contribution is 5.63. The third kappa shape index (κ3) is 3.31. The zero-order chi connectivity index (χ0) is 18.8. The van der Waals surface area contributed by atoms with E-state index in [1.165, 1.54) is 14.9 Å². The van der Waals surface area contributed by atoms with Crippen LogP contribution in [-0.2, 0) is 13.7 Å². The van der Waals surface area contributed by atoms with Crippen LogP contribution < -0.4 is 10.4 Å². The van der Waals surface area contributed by atoms with Crippen LogP contribution in [0.5, 0.6) is 5.75 Å². The first kappa shape index (κ1) is 17.0. The molecule has 0 atom stereocenters. The Morgan fingerprint density at radius 1 is 0.889 bits per heavy atom. The van der Waals surface area contributed by atoms with Gasteiger partial charge in [0.05, 0.1) is 5.69 Å². The predicted octanol–water partition coefficient (Wildman–Crippen LogP) is 4.06. The van der Waals surface area contributed by atoms with E-state index in [0.717, 1.165) is 28.1 Å². The van der Waals surface area contributed by atoms with Gasteiger partial charge in [-0.25, -0.2) is 14.7 Å². The van der Waals surface area contributed by atoms with Gasteiger partial charge in [0.1, 0.15) is 12.4 Å². The molecule has 4 aromatic rings. The molecule has 5 nitrogen and oxygen atoms in total. The van der Waals surface area contributed by atoms with E-state index in [9.17, 15) is 4.79 Å². The Kier molecular flexibility index (Phi) is 4.42. The number of aryl methyl sites for hydroxylation is 2. The summed E-state index contributed by atoms with van der Waals surface area (Å²) in [5, 5.41) is 2.96. The standard InChI is InChI=1S/C22H21N3O2/c1-16-7-6-10-21(25-22(26)24(2)23-25)20(16)15-27-19-13-11-18(12-14-19)17-8-4-3-5-9-17/h3-14,23H,15H2,1-2H3. The van der Waals surface area contributed by atoms with Crippen LogP contribution in [0.15, 0.2) is 77.6 Å². The number of H-pyrrole nitrogens is 1. The Morgan fingerprint density at radius 3 is 2.26 bits per heavy atom. The van der Waals surface area contributed by atoms with Crippen LogP contribution in [0, 0.1) is 6.92 Å². The normalized spacial score (nSPS) is 10.9. The predicted molar refractivity (Wildman–Crippen MR) is 106 cm³/mol. The smallest absolute Gasteiger partial charge is 0.364 e. The molecule has 4 rings (SSSR count). The molecule has 0 fully saturated rings. The van der Waals surface area contributed by atoms with E-state index in [4.69, 9.17) is 4.74 Å². The molecule has 1 heterocycles. The molecular formula is C22H21N3O2. The number of ether oxygens (including phenoxy) is 1. The van der Waals surface area contributed by atoms with Crippen LogP contribution in [0.25, 0.3) is 16.8 Å². The highest BCUT2D eigenvalue weighted by Gasteiger charge is 2.13. The van der Waals surface area contributed by atoms with Crippen molar-refractivity contribution in [1.29, 1.82) is 0 Å². The largest absolute Gasteiger partial charge is 0.489 e. The van der Waals surface area contributed by atoms with Gasteiger partial charge in [-0.1, -0.05) is 54.6 Å². The van der Waals surface area contributed by atoms with Gasteiger partial charge in [-0.2, -0.15) is 4.68 Å². The van der Waals surface area contributed by atoms with Crippen LogP contribution >= 0.6 is 0 Å². The van der Waals surface area contributed by atoms with Gasteiger partial charge in [0.15, 0.2) is 0 Å². The van der Waals surface area contributed by atoms with E-state index in [1.807, 2.05) is 55.5 Å². The Bertz CT molecular complexity index is 1100. The molecule has 5 heteroatoms. The molecule has 0 aliphatic rings. The molecule has 0 aliphatic carbocycles. The van der Waals surface area contributed by atoms with Crippen LogP contribution in [-0.4, -0.2) is 14.6 Å². The highest BCUT2D eigenvalue weighted by atomic mass is 16.5. The second-order valence-corrected chi connectivity index (χ2v) is 6.53. The van der Waals surface area contributed by atoms with Gasteiger partial charge >= 0.3 is 5.69 Å². The fourth-order valence-electron chi connectivity index (χ4n) is 3.11. The first-order valence-electron chi connectivity index (χ1n) is 8.84. The van der Waals surface area contributed by atoms with Crippen molar-refractivity contribution in [2.24, 2.45) is 7.05 Å². The summed E-state index contributed by atoms with van der Waals surface area (Å²) in [5.74, 6) is 0.795. The minimum Gasteiger partial charge on any atom is -0.489 e. The lowest BCUT2D eigenvalue weighted by Gasteiger charge is -2.18. The summed E-state index contributed by atoms with van der Waals surface area (Å²) in [6, 6.07) is 24.2. The second-order valence-electron chi connectivity index (χ2n) is 6.53. The third-order valence-electron chi connectivity index (χ3n) is 4.70. The van der Waals surface area contributed by atoms with Gasteiger partial charge in [0.25, 0.3) is 0 Å². The number of rotatable bonds is 5. The Hall–Kier alpha value is -3.47. The molecule has 1 aromatic heterocycles. The number of nitrogens with one attached hydrogen (secondary N) is 1. The van der Waals surface area contributed by atoms with E-state index in [-0.39, 0.29) is 5.69 Å². The molecular weight excluding hydrogens is 338 g/mol. The Labute approximate surface area is 157 Å². The number of aromatic nitrogens is 3. The summed E-state index contributed by atoms with van der Waals surface area (Å²) in [6.45, 7) is 2.41. The van der Waals surface area contributed by atoms with Gasteiger partial charge in [-0.15, -0.1) is 0 Å². The maximum Gasteiger partial charge on any atom is 0.364 e. The number of benzene rings is 3. The lowest BCUT2D eigenvalue weighted by atomic mass is 10.1. The number of hydrogen-bond donors (Lipinski definition) is 1. The Morgan fingerprint density at radius 2 is 1.59 bits per heavy atom. The molecule has 3 aromatic carbocycles. The number of aromatic amines is 1. The van der Waals surface area contributed by atoms with E-state index in [1.54, 1.807) is 7.05 Å². The molecule has 27 heavy (non-hydrogen) atoms. The molecule has 0 aliphatic heterocycles. The molecule has 0 unspecified atom stereocenters. The van der Waals surface area contributed by atoms with Crippen molar-refractivity contribution in [2.45, 2.75) is 13.5 Å². The average Bonchev–Trinajstić information content (AvgIpc) is 2.72. The van der Waals surface area contributed by atoms with Crippen molar-refractivity contribution >= 4 is 0 Å². The summed E-state index contributed by atoms with van der Waals surface area (Å²) in [7, 11) is 1.69. The second kappa shape index (κ2) is 7.03. The topological polar surface area (TPSA) is 52.0 Å². The van der Waals surface area contributed by atoms with Crippen LogP contribution in [0.1, 0.15) is 11.1 Å². The van der Waals surface area contributed by atoms with Crippen LogP contribution in [0.3, 0.4) is 0 Å². The van der Waals surface area contributed by atoms with Gasteiger partial charge in [-0.05, 0) is 41.8 Å². The maximum atomic E-state index is 12.0. The van der Waals surface area contributed by atoms with E-state index >= 15 is 0 Å². The SMILES string of the molecule is Cc1cccc(-n2[nH]n(C)c2=O)c1COc1ccc(-c2ccccc2)cc1. The molecule has 0 amide bonds. The summed E-state index contributed by atoms with van der Waals surface area (Å²) >= 11 is 0. The van der Waals surface area contributed by atoms with Crippen molar-refractivity contribution in [3.63, 3.8) is 0 Å². The van der Waals surface area contributed by atoms with Crippen molar-refractivity contribution in [3.05, 3.63) is 94.4 Å². The summed E-state index contributed by atoms with van der Waals surface area (Å²) in [6.07, 6.45) is 0. The number of hydrogen-bond acceptors (Lipinski definition) is 2. The van der Waals surface area contributed by atoms with Crippen LogP contribution in [0.4, 0.5) is 0 Å². The molecule has 0 bridgehead atoms. The van der Waals surface area contributed by atoms with Crippen molar-refractivity contribution in [1.82, 2.24) is 14.6 Å². The molecule has 0 saturated carbocycles. The van der Waals surface area contributed by atoms with Gasteiger partial charge < -0.3 is 4.74 Å². The van der Waals surface area contributed by atoms with E-state index in [2.05, 4.69) is 29.5 Å². The van der Waals surface area contributed by atoms with Crippen molar-refractivity contribution in [2.75, 3.05) is 0 Å². The monoisotopic (exact) mass is 359 g/mol. The Balaban J connectivity index is 1.54. The fraction of sp³-hybridized carbons (Fsp3) is 0.136. The van der Waals surface area contributed by atoms with Crippen molar-refractivity contribution < 1.29 is 4.74 Å². The van der Waals surface area contributed by atoms with Crippen molar-refractivity contribution in [3.8, 4) is 22.6 Å². The molecule has 0 radical (unpaired) electrons. The highest BCUT2D eigenvalue weighted by Crippen LogP contribution is 2.24. The first-order chi connectivity index (χ1) is 13.1. The lowest BCUT2D eigenvalue weighted by Crippen LogP contribution is -2.40. The minimum absolute atomic E-state index is 0.0888. The zero-order valence-electron chi connectivity index (χ0n) is 15.3. The lowest BCUT2D eigenvalue weighted by molar-refractivity contribution is 0.303. The first-order valence-corrected chi connectivity index (χ1v) is 8.84. The van der Waals surface area contributed by atoms with Crippen LogP contribution in [0.2, 0.25) is 0 Å². The summed E-state index contributed by atoms with van der Waals surface area (Å²) < 4.78 is 8.98. The average molecular weight is 359 g/mol. The fourth-order valence-corrected chi connectivity index (χ4v) is 3.11. The van der Waals surface area contributed by atoms with Gasteiger partial charge in [0, 0.05) is 12.6 Å². The maximum absolute atomic E-state index is 12.0. The van der Waals surface area contributed by atoms with Gasteiger partial charge in [-0.3, -0.25) is 0 Å². The van der Waals surface area contributed by atoms with E-state index in [0.29, 0.717) is 6.61 Å². The summed E-state index contributed by atoms with van der Waals surface area (Å²) in [5.41, 5.74) is 5.12. The van der Waals surface area contributed by atoms with Gasteiger partial charge in [0.2, 0.25) is 0 Å².